The molecule has 0 saturated heterocycles. The van der Waals surface area contributed by atoms with Crippen LogP contribution in [0, 0.1) is 0 Å². The highest BCUT2D eigenvalue weighted by Gasteiger charge is 2.12. The second-order valence-corrected chi connectivity index (χ2v) is 6.14. The van der Waals surface area contributed by atoms with Crippen molar-refractivity contribution in [2.45, 2.75) is 19.2 Å². The molecule has 2 aromatic rings. The van der Waals surface area contributed by atoms with Crippen molar-refractivity contribution in [3.8, 4) is 0 Å². The van der Waals surface area contributed by atoms with Crippen molar-refractivity contribution < 1.29 is 14.3 Å². The molecule has 0 spiro atoms. The van der Waals surface area contributed by atoms with E-state index in [2.05, 4.69) is 16.9 Å². The smallest absolute Gasteiger partial charge is 0.407 e. The van der Waals surface area contributed by atoms with Gasteiger partial charge in [-0.3, -0.25) is 9.20 Å². The number of carbonyl (C=O) groups excluding carboxylic acids is 2. The van der Waals surface area contributed by atoms with Gasteiger partial charge in [-0.05, 0) is 0 Å². The molecule has 2 rings (SSSR count). The standard InChI is InChI=1S/C13H15N3O3S2/c1-3-4-19-13(18)15-5-10-7-21-12-6-14-11(16(10)12)8-20-9(2)17/h3,6-7H,1,4-5,8H2,2H3,(H,15,18). The Balaban J connectivity index is 2.05. The first-order valence-electron chi connectivity index (χ1n) is 6.19. The first-order valence-corrected chi connectivity index (χ1v) is 8.06. The molecule has 0 aliphatic rings. The molecule has 0 bridgehead atoms. The van der Waals surface area contributed by atoms with Gasteiger partial charge in [-0.15, -0.1) is 11.3 Å². The summed E-state index contributed by atoms with van der Waals surface area (Å²) >= 11 is 2.75. The van der Waals surface area contributed by atoms with Gasteiger partial charge in [-0.1, -0.05) is 24.4 Å². The summed E-state index contributed by atoms with van der Waals surface area (Å²) in [6, 6.07) is 0. The summed E-state index contributed by atoms with van der Waals surface area (Å²) in [5, 5.41) is 4.67. The molecule has 0 fully saturated rings. The highest BCUT2D eigenvalue weighted by Crippen LogP contribution is 2.21. The largest absolute Gasteiger partial charge is 0.445 e. The van der Waals surface area contributed by atoms with Crippen LogP contribution in [0.5, 0.6) is 0 Å². The average molecular weight is 325 g/mol. The van der Waals surface area contributed by atoms with E-state index in [0.29, 0.717) is 12.3 Å². The van der Waals surface area contributed by atoms with Gasteiger partial charge < -0.3 is 10.1 Å². The van der Waals surface area contributed by atoms with Gasteiger partial charge in [0.25, 0.3) is 0 Å². The van der Waals surface area contributed by atoms with Crippen molar-refractivity contribution in [1.82, 2.24) is 14.7 Å². The Hall–Kier alpha value is -1.80. The fraction of sp³-hybridized carbons (Fsp3) is 0.308. The Kier molecular flexibility index (Phi) is 5.40. The third kappa shape index (κ3) is 4.08. The van der Waals surface area contributed by atoms with Crippen molar-refractivity contribution in [2.75, 3.05) is 6.61 Å². The van der Waals surface area contributed by atoms with Crippen molar-refractivity contribution in [3.63, 3.8) is 0 Å². The Labute approximate surface area is 130 Å². The van der Waals surface area contributed by atoms with Crippen molar-refractivity contribution in [2.24, 2.45) is 0 Å². The van der Waals surface area contributed by atoms with E-state index < -0.39 is 6.09 Å². The predicted octanol–water partition coefficient (Wildman–Crippen LogP) is 2.59. The topological polar surface area (TPSA) is 72.7 Å². The number of nitrogens with one attached hydrogen (secondary N) is 1. The van der Waals surface area contributed by atoms with Gasteiger partial charge >= 0.3 is 6.09 Å². The zero-order chi connectivity index (χ0) is 15.2. The van der Waals surface area contributed by atoms with Crippen LogP contribution in [0.4, 0.5) is 4.79 Å². The lowest BCUT2D eigenvalue weighted by molar-refractivity contribution is -0.109. The van der Waals surface area contributed by atoms with E-state index in [-0.39, 0.29) is 11.7 Å². The second-order valence-electron chi connectivity index (χ2n) is 4.10. The van der Waals surface area contributed by atoms with Crippen LogP contribution in [-0.2, 0) is 21.8 Å². The number of hydrogen-bond acceptors (Lipinski definition) is 6. The molecule has 0 aliphatic carbocycles. The van der Waals surface area contributed by atoms with Crippen molar-refractivity contribution in [1.29, 1.82) is 0 Å². The SMILES string of the molecule is C=CCOC(=O)NCc1csc2cnc(CSC(C)=O)n12. The minimum atomic E-state index is -0.492. The summed E-state index contributed by atoms with van der Waals surface area (Å²) in [4.78, 5) is 27.8. The third-order valence-electron chi connectivity index (χ3n) is 2.56. The minimum Gasteiger partial charge on any atom is -0.445 e. The molecule has 2 aromatic heterocycles. The number of amides is 1. The molecule has 0 saturated carbocycles. The van der Waals surface area contributed by atoms with E-state index in [1.807, 2.05) is 9.78 Å². The number of nitrogens with zero attached hydrogens (tertiary/aromatic N) is 2. The van der Waals surface area contributed by atoms with Gasteiger partial charge in [0.2, 0.25) is 0 Å². The molecule has 0 aromatic carbocycles. The highest BCUT2D eigenvalue weighted by atomic mass is 32.2. The van der Waals surface area contributed by atoms with Crippen LogP contribution < -0.4 is 5.32 Å². The lowest BCUT2D eigenvalue weighted by atomic mass is 10.4. The Morgan fingerprint density at radius 1 is 1.62 bits per heavy atom. The van der Waals surface area contributed by atoms with E-state index in [1.165, 1.54) is 36.1 Å². The number of thioether (sulfide) groups is 1. The number of aromatic nitrogens is 2. The Morgan fingerprint density at radius 3 is 3.14 bits per heavy atom. The fourth-order valence-corrected chi connectivity index (χ4v) is 3.10. The zero-order valence-corrected chi connectivity index (χ0v) is 13.1. The summed E-state index contributed by atoms with van der Waals surface area (Å²) < 4.78 is 6.81. The highest BCUT2D eigenvalue weighted by molar-refractivity contribution is 8.12. The number of carbonyl (C=O) groups is 2. The number of fused-ring (bicyclic) bond motifs is 1. The Bertz CT molecular complexity index is 663. The van der Waals surface area contributed by atoms with Crippen LogP contribution in [0.3, 0.4) is 0 Å². The maximum Gasteiger partial charge on any atom is 0.407 e. The molecule has 0 unspecified atom stereocenters. The second kappa shape index (κ2) is 7.28. The van der Waals surface area contributed by atoms with Crippen LogP contribution in [0.2, 0.25) is 0 Å². The molecule has 0 radical (unpaired) electrons. The summed E-state index contributed by atoms with van der Waals surface area (Å²) in [6.07, 6.45) is 2.78. The van der Waals surface area contributed by atoms with Crippen LogP contribution in [0.15, 0.2) is 24.2 Å². The quantitative estimate of drug-likeness (QED) is 0.827. The van der Waals surface area contributed by atoms with Crippen LogP contribution >= 0.6 is 23.1 Å². The molecule has 2 heterocycles. The van der Waals surface area contributed by atoms with E-state index in [9.17, 15) is 9.59 Å². The van der Waals surface area contributed by atoms with Crippen molar-refractivity contribution in [3.05, 3.63) is 35.8 Å². The molecule has 1 amide bonds. The number of ether oxygens (including phenoxy) is 1. The molecular weight excluding hydrogens is 310 g/mol. The van der Waals surface area contributed by atoms with Gasteiger partial charge in [-0.25, -0.2) is 9.78 Å². The van der Waals surface area contributed by atoms with Crippen LogP contribution in [0.25, 0.3) is 4.83 Å². The van der Waals surface area contributed by atoms with E-state index >= 15 is 0 Å². The molecule has 0 aliphatic heterocycles. The summed E-state index contributed by atoms with van der Waals surface area (Å²) in [5.41, 5.74) is 0.905. The molecule has 8 heteroatoms. The molecule has 1 N–H and O–H groups in total. The molecule has 21 heavy (non-hydrogen) atoms. The summed E-state index contributed by atoms with van der Waals surface area (Å²) in [5.74, 6) is 1.30. The fourth-order valence-electron chi connectivity index (χ4n) is 1.68. The molecule has 112 valence electrons. The number of rotatable bonds is 6. The molecule has 6 nitrogen and oxygen atoms in total. The maximum absolute atomic E-state index is 11.4. The average Bonchev–Trinajstić information content (AvgIpc) is 3.02. The molecule has 0 atom stereocenters. The first-order chi connectivity index (χ1) is 10.1. The van der Waals surface area contributed by atoms with Gasteiger partial charge in [-0.2, -0.15) is 0 Å². The maximum atomic E-state index is 11.4. The lowest BCUT2D eigenvalue weighted by Crippen LogP contribution is -2.24. The summed E-state index contributed by atoms with van der Waals surface area (Å²) in [6.45, 7) is 5.52. The monoisotopic (exact) mass is 325 g/mol. The van der Waals surface area contributed by atoms with E-state index in [1.54, 1.807) is 6.20 Å². The number of hydrogen-bond donors (Lipinski definition) is 1. The van der Waals surface area contributed by atoms with E-state index in [0.717, 1.165) is 16.3 Å². The van der Waals surface area contributed by atoms with Gasteiger partial charge in [0.05, 0.1) is 24.2 Å². The summed E-state index contributed by atoms with van der Waals surface area (Å²) in [7, 11) is 0. The lowest BCUT2D eigenvalue weighted by Gasteiger charge is -2.06. The minimum absolute atomic E-state index is 0.0506. The van der Waals surface area contributed by atoms with Gasteiger partial charge in [0.1, 0.15) is 17.3 Å². The number of alkyl carbamates (subject to hydrolysis) is 1. The predicted molar refractivity (Wildman–Crippen MR) is 83.4 cm³/mol. The molecular formula is C13H15N3O3S2. The van der Waals surface area contributed by atoms with Gasteiger partial charge in [0, 0.05) is 12.3 Å². The number of thiazole rings is 1. The van der Waals surface area contributed by atoms with Crippen LogP contribution in [0.1, 0.15) is 18.4 Å². The van der Waals surface area contributed by atoms with Crippen LogP contribution in [-0.4, -0.2) is 27.2 Å². The normalized spacial score (nSPS) is 10.5. The van der Waals surface area contributed by atoms with Crippen molar-refractivity contribution >= 4 is 39.1 Å². The van der Waals surface area contributed by atoms with Gasteiger partial charge in [0.15, 0.2) is 5.12 Å². The Morgan fingerprint density at radius 2 is 2.43 bits per heavy atom. The first kappa shape index (κ1) is 15.6. The third-order valence-corrected chi connectivity index (χ3v) is 4.28. The van der Waals surface area contributed by atoms with E-state index in [4.69, 9.17) is 4.74 Å². The zero-order valence-electron chi connectivity index (χ0n) is 11.5. The number of imidazole rings is 1.